The highest BCUT2D eigenvalue weighted by atomic mass is 32.2. The van der Waals surface area contributed by atoms with Crippen LogP contribution in [0.5, 0.6) is 5.75 Å². The Balaban J connectivity index is 2.05. The first-order valence-electron chi connectivity index (χ1n) is 9.02. The first-order valence-corrected chi connectivity index (χ1v) is 10.5. The second-order valence-corrected chi connectivity index (χ2v) is 8.11. The number of piperidine rings is 1. The number of ether oxygens (including phenoxy) is 2. The van der Waals surface area contributed by atoms with Gasteiger partial charge in [0, 0.05) is 12.8 Å². The van der Waals surface area contributed by atoms with Crippen LogP contribution in [0.25, 0.3) is 0 Å². The number of nitrogens with one attached hydrogen (secondary N) is 1. The van der Waals surface area contributed by atoms with Crippen molar-refractivity contribution in [2.75, 3.05) is 23.8 Å². The number of methoxy groups -OCH3 is 2. The van der Waals surface area contributed by atoms with Crippen molar-refractivity contribution in [2.24, 2.45) is 0 Å². The SMILES string of the molecule is COC(=O)c1ccccc1NS(=O)(=O)c1cc(N2C(=O)CCCC2=O)ccc1OC. The number of anilines is 2. The Labute approximate surface area is 173 Å². The van der Waals surface area contributed by atoms with Crippen LogP contribution >= 0.6 is 0 Å². The van der Waals surface area contributed by atoms with Gasteiger partial charge in [-0.3, -0.25) is 19.2 Å². The van der Waals surface area contributed by atoms with Crippen LogP contribution in [0.3, 0.4) is 0 Å². The Morgan fingerprint density at radius 3 is 2.33 bits per heavy atom. The van der Waals surface area contributed by atoms with E-state index in [1.54, 1.807) is 12.1 Å². The van der Waals surface area contributed by atoms with E-state index >= 15 is 0 Å². The minimum Gasteiger partial charge on any atom is -0.495 e. The summed E-state index contributed by atoms with van der Waals surface area (Å²) in [6.45, 7) is 0. The van der Waals surface area contributed by atoms with Crippen LogP contribution in [0.4, 0.5) is 11.4 Å². The lowest BCUT2D eigenvalue weighted by atomic mass is 10.1. The Kier molecular flexibility index (Phi) is 6.06. The zero-order chi connectivity index (χ0) is 21.9. The molecule has 0 radical (unpaired) electrons. The predicted molar refractivity (Wildman–Crippen MR) is 108 cm³/mol. The van der Waals surface area contributed by atoms with Gasteiger partial charge in [-0.1, -0.05) is 12.1 Å². The molecule has 1 saturated heterocycles. The fourth-order valence-electron chi connectivity index (χ4n) is 3.12. The Morgan fingerprint density at radius 1 is 1.03 bits per heavy atom. The number of benzene rings is 2. The van der Waals surface area contributed by atoms with Gasteiger partial charge in [-0.15, -0.1) is 0 Å². The van der Waals surface area contributed by atoms with E-state index in [0.717, 1.165) is 4.90 Å². The molecule has 2 aromatic rings. The molecule has 1 N–H and O–H groups in total. The Bertz CT molecular complexity index is 1100. The van der Waals surface area contributed by atoms with Crippen LogP contribution in [-0.4, -0.2) is 40.4 Å². The molecule has 1 aliphatic heterocycles. The molecule has 0 aliphatic carbocycles. The second kappa shape index (κ2) is 8.54. The van der Waals surface area contributed by atoms with Crippen molar-refractivity contribution in [3.8, 4) is 5.75 Å². The molecule has 1 heterocycles. The molecule has 2 amide bonds. The third-order valence-corrected chi connectivity index (χ3v) is 5.94. The molecule has 0 spiro atoms. The van der Waals surface area contributed by atoms with Gasteiger partial charge < -0.3 is 9.47 Å². The first-order chi connectivity index (χ1) is 14.3. The van der Waals surface area contributed by atoms with Crippen molar-refractivity contribution in [2.45, 2.75) is 24.2 Å². The molecular formula is C20H20N2O7S. The Morgan fingerprint density at radius 2 is 1.70 bits per heavy atom. The number of imide groups is 1. The molecule has 10 heteroatoms. The van der Waals surface area contributed by atoms with Gasteiger partial charge in [0.15, 0.2) is 0 Å². The summed E-state index contributed by atoms with van der Waals surface area (Å²) in [5, 5.41) is 0. The third kappa shape index (κ3) is 4.13. The summed E-state index contributed by atoms with van der Waals surface area (Å²) in [4.78, 5) is 37.1. The lowest BCUT2D eigenvalue weighted by Crippen LogP contribution is -2.40. The van der Waals surface area contributed by atoms with Gasteiger partial charge >= 0.3 is 5.97 Å². The van der Waals surface area contributed by atoms with Gasteiger partial charge in [-0.05, 0) is 36.8 Å². The van der Waals surface area contributed by atoms with E-state index in [1.807, 2.05) is 0 Å². The van der Waals surface area contributed by atoms with Gasteiger partial charge in [0.25, 0.3) is 10.0 Å². The van der Waals surface area contributed by atoms with Gasteiger partial charge in [-0.25, -0.2) is 13.2 Å². The normalized spacial score (nSPS) is 14.4. The first kappa shape index (κ1) is 21.3. The number of rotatable bonds is 6. The lowest BCUT2D eigenvalue weighted by molar-refractivity contribution is -0.129. The molecule has 1 aliphatic rings. The van der Waals surface area contributed by atoms with Crippen molar-refractivity contribution in [1.29, 1.82) is 0 Å². The van der Waals surface area contributed by atoms with E-state index in [9.17, 15) is 22.8 Å². The van der Waals surface area contributed by atoms with Crippen molar-refractivity contribution >= 4 is 39.2 Å². The standard InChI is InChI=1S/C20H20N2O7S/c1-28-16-11-10-13(22-18(23)8-5-9-19(22)24)12-17(16)30(26,27)21-15-7-4-3-6-14(15)20(25)29-2/h3-4,6-7,10-12,21H,5,8-9H2,1-2H3. The molecule has 9 nitrogen and oxygen atoms in total. The van der Waals surface area contributed by atoms with Gasteiger partial charge in [0.1, 0.15) is 10.6 Å². The topological polar surface area (TPSA) is 119 Å². The predicted octanol–water partition coefficient (Wildman–Crippen LogP) is 2.33. The number of nitrogens with zero attached hydrogens (tertiary/aromatic N) is 1. The van der Waals surface area contributed by atoms with Crippen LogP contribution in [0, 0.1) is 0 Å². The van der Waals surface area contributed by atoms with E-state index < -0.39 is 27.8 Å². The van der Waals surface area contributed by atoms with Crippen molar-refractivity contribution < 1.29 is 32.3 Å². The van der Waals surface area contributed by atoms with Crippen LogP contribution < -0.4 is 14.4 Å². The third-order valence-electron chi connectivity index (χ3n) is 4.55. The molecule has 30 heavy (non-hydrogen) atoms. The van der Waals surface area contributed by atoms with Gasteiger partial charge in [0.2, 0.25) is 11.8 Å². The molecule has 0 atom stereocenters. The molecule has 0 saturated carbocycles. The van der Waals surface area contributed by atoms with Crippen LogP contribution in [0.2, 0.25) is 0 Å². The summed E-state index contributed by atoms with van der Waals surface area (Å²) >= 11 is 0. The smallest absolute Gasteiger partial charge is 0.339 e. The zero-order valence-corrected chi connectivity index (χ0v) is 17.2. The zero-order valence-electron chi connectivity index (χ0n) is 16.4. The maximum atomic E-state index is 13.1. The quantitative estimate of drug-likeness (QED) is 0.550. The highest BCUT2D eigenvalue weighted by Gasteiger charge is 2.30. The summed E-state index contributed by atoms with van der Waals surface area (Å²) in [5.41, 5.74) is 0.175. The average molecular weight is 432 g/mol. The van der Waals surface area contributed by atoms with Gasteiger partial charge in [0.05, 0.1) is 31.2 Å². The van der Waals surface area contributed by atoms with Crippen LogP contribution in [-0.2, 0) is 24.3 Å². The maximum Gasteiger partial charge on any atom is 0.339 e. The maximum absolute atomic E-state index is 13.1. The monoisotopic (exact) mass is 432 g/mol. The number of amides is 2. The number of sulfonamides is 1. The average Bonchev–Trinajstić information content (AvgIpc) is 2.73. The number of carbonyl (C=O) groups excluding carboxylic acids is 3. The highest BCUT2D eigenvalue weighted by Crippen LogP contribution is 2.32. The fourth-order valence-corrected chi connectivity index (χ4v) is 4.39. The van der Waals surface area contributed by atoms with E-state index in [2.05, 4.69) is 9.46 Å². The molecule has 158 valence electrons. The minimum absolute atomic E-state index is 0.0127. The minimum atomic E-state index is -4.25. The van der Waals surface area contributed by atoms with E-state index in [0.29, 0.717) is 6.42 Å². The molecule has 1 fully saturated rings. The molecule has 0 unspecified atom stereocenters. The molecule has 0 aromatic heterocycles. The van der Waals surface area contributed by atoms with E-state index in [-0.39, 0.29) is 40.4 Å². The number of hydrogen-bond acceptors (Lipinski definition) is 7. The molecule has 3 rings (SSSR count). The number of carbonyl (C=O) groups is 3. The molecule has 0 bridgehead atoms. The summed E-state index contributed by atoms with van der Waals surface area (Å²) in [6, 6.07) is 9.97. The van der Waals surface area contributed by atoms with E-state index in [4.69, 9.17) is 4.74 Å². The Hall–Kier alpha value is -3.40. The van der Waals surface area contributed by atoms with Crippen molar-refractivity contribution in [3.63, 3.8) is 0 Å². The van der Waals surface area contributed by atoms with Gasteiger partial charge in [-0.2, -0.15) is 0 Å². The largest absolute Gasteiger partial charge is 0.495 e. The summed E-state index contributed by atoms with van der Waals surface area (Å²) in [7, 11) is -1.76. The second-order valence-electron chi connectivity index (χ2n) is 6.45. The van der Waals surface area contributed by atoms with Crippen LogP contribution in [0.15, 0.2) is 47.4 Å². The fraction of sp³-hybridized carbons (Fsp3) is 0.250. The van der Waals surface area contributed by atoms with Crippen LogP contribution in [0.1, 0.15) is 29.6 Å². The summed E-state index contributed by atoms with van der Waals surface area (Å²) in [6.07, 6.45) is 0.858. The highest BCUT2D eigenvalue weighted by molar-refractivity contribution is 7.92. The number of para-hydroxylation sites is 1. The van der Waals surface area contributed by atoms with E-state index in [1.165, 1.54) is 44.6 Å². The lowest BCUT2D eigenvalue weighted by Gasteiger charge is -2.25. The van der Waals surface area contributed by atoms with Crippen molar-refractivity contribution in [1.82, 2.24) is 0 Å². The molecule has 2 aromatic carbocycles. The van der Waals surface area contributed by atoms with Crippen molar-refractivity contribution in [3.05, 3.63) is 48.0 Å². The molecular weight excluding hydrogens is 412 g/mol. The number of esters is 1. The number of hydrogen-bond donors (Lipinski definition) is 1. The summed E-state index contributed by atoms with van der Waals surface area (Å²) < 4.78 is 38.4. The summed E-state index contributed by atoms with van der Waals surface area (Å²) in [5.74, 6) is -1.50.